The van der Waals surface area contributed by atoms with Crippen LogP contribution in [0.5, 0.6) is 0 Å². The van der Waals surface area contributed by atoms with Crippen LogP contribution in [-0.2, 0) is 0 Å². The fourth-order valence-electron chi connectivity index (χ4n) is 1.64. The number of nitrogens with one attached hydrogen (secondary N) is 1. The molecule has 1 rings (SSSR count). The lowest BCUT2D eigenvalue weighted by atomic mass is 9.94. The van der Waals surface area contributed by atoms with Gasteiger partial charge in [0.05, 0.1) is 21.5 Å². The normalized spacial score (nSPS) is 13.1. The molecule has 0 fully saturated rings. The molecule has 0 aromatic heterocycles. The highest BCUT2D eigenvalue weighted by atomic mass is 35.5. The Morgan fingerprint density at radius 2 is 2.00 bits per heavy atom. The van der Waals surface area contributed by atoms with Crippen molar-refractivity contribution in [1.29, 1.82) is 5.26 Å². The van der Waals surface area contributed by atoms with Gasteiger partial charge in [-0.15, -0.1) is 0 Å². The molecule has 0 saturated carbocycles. The van der Waals surface area contributed by atoms with Crippen molar-refractivity contribution in [2.45, 2.75) is 33.2 Å². The number of hydrogen-bond donors (Lipinski definition) is 1. The fourth-order valence-corrected chi connectivity index (χ4v) is 1.95. The topological polar surface area (TPSA) is 35.8 Å². The van der Waals surface area contributed by atoms with Crippen molar-refractivity contribution in [3.8, 4) is 6.07 Å². The third-order valence-electron chi connectivity index (χ3n) is 2.85. The van der Waals surface area contributed by atoms with Gasteiger partial charge in [-0.25, -0.2) is 0 Å². The van der Waals surface area contributed by atoms with Crippen LogP contribution in [0.3, 0.4) is 0 Å². The zero-order valence-electron chi connectivity index (χ0n) is 10.9. The number of benzene rings is 1. The minimum absolute atomic E-state index is 0.187. The van der Waals surface area contributed by atoms with Crippen LogP contribution < -0.4 is 5.32 Å². The van der Waals surface area contributed by atoms with E-state index in [1.54, 1.807) is 6.07 Å². The van der Waals surface area contributed by atoms with Gasteiger partial charge in [0.15, 0.2) is 0 Å². The summed E-state index contributed by atoms with van der Waals surface area (Å²) in [5, 5.41) is 13.5. The van der Waals surface area contributed by atoms with Gasteiger partial charge in [0.25, 0.3) is 0 Å². The standard InChI is InChI=1S/C14H18Cl2N2/c1-4-13(18-9-14(2,3)8-17)10-5-6-11(15)12(16)7-10/h5-7,13,18H,4,9H2,1-3H3. The Bertz CT molecular complexity index is 450. The molecule has 1 N–H and O–H groups in total. The summed E-state index contributed by atoms with van der Waals surface area (Å²) in [6, 6.07) is 8.12. The summed E-state index contributed by atoms with van der Waals surface area (Å²) in [5.74, 6) is 0. The van der Waals surface area contributed by atoms with Crippen LogP contribution in [0.4, 0.5) is 0 Å². The Morgan fingerprint density at radius 3 is 2.50 bits per heavy atom. The molecule has 1 unspecified atom stereocenters. The van der Waals surface area contributed by atoms with E-state index in [9.17, 15) is 0 Å². The zero-order valence-corrected chi connectivity index (χ0v) is 12.4. The Morgan fingerprint density at radius 1 is 1.33 bits per heavy atom. The Kier molecular flexibility index (Phi) is 5.47. The number of rotatable bonds is 5. The van der Waals surface area contributed by atoms with Crippen LogP contribution in [0.25, 0.3) is 0 Å². The monoisotopic (exact) mass is 284 g/mol. The lowest BCUT2D eigenvalue weighted by molar-refractivity contribution is 0.398. The predicted molar refractivity (Wildman–Crippen MR) is 76.9 cm³/mol. The van der Waals surface area contributed by atoms with Gasteiger partial charge in [-0.05, 0) is 38.0 Å². The Hall–Kier alpha value is -0.750. The van der Waals surface area contributed by atoms with Crippen molar-refractivity contribution in [3.05, 3.63) is 33.8 Å². The van der Waals surface area contributed by atoms with Crippen molar-refractivity contribution >= 4 is 23.2 Å². The second kappa shape index (κ2) is 6.43. The highest BCUT2D eigenvalue weighted by molar-refractivity contribution is 6.42. The quantitative estimate of drug-likeness (QED) is 0.859. The van der Waals surface area contributed by atoms with E-state index in [4.69, 9.17) is 28.5 Å². The molecule has 0 aliphatic heterocycles. The summed E-state index contributed by atoms with van der Waals surface area (Å²) in [7, 11) is 0. The van der Waals surface area contributed by atoms with Gasteiger partial charge >= 0.3 is 0 Å². The third-order valence-corrected chi connectivity index (χ3v) is 3.59. The van der Waals surface area contributed by atoms with E-state index in [-0.39, 0.29) is 11.5 Å². The first-order valence-corrected chi connectivity index (χ1v) is 6.75. The molecule has 1 aromatic carbocycles. The molecule has 0 heterocycles. The molecular formula is C14H18Cl2N2. The number of nitriles is 1. The molecule has 4 heteroatoms. The lowest BCUT2D eigenvalue weighted by Crippen LogP contribution is -2.31. The molecule has 2 nitrogen and oxygen atoms in total. The number of hydrogen-bond acceptors (Lipinski definition) is 2. The molecule has 0 radical (unpaired) electrons. The maximum absolute atomic E-state index is 9.00. The van der Waals surface area contributed by atoms with Crippen LogP contribution in [0, 0.1) is 16.7 Å². The lowest BCUT2D eigenvalue weighted by Gasteiger charge is -2.23. The first-order chi connectivity index (χ1) is 8.39. The van der Waals surface area contributed by atoms with Gasteiger partial charge in [-0.2, -0.15) is 5.26 Å². The molecule has 0 bridgehead atoms. The van der Waals surface area contributed by atoms with Gasteiger partial charge in [-0.3, -0.25) is 0 Å². The first-order valence-electron chi connectivity index (χ1n) is 5.99. The van der Waals surface area contributed by atoms with Crippen LogP contribution in [0.15, 0.2) is 18.2 Å². The summed E-state index contributed by atoms with van der Waals surface area (Å²) in [4.78, 5) is 0. The van der Waals surface area contributed by atoms with Crippen molar-refractivity contribution in [2.24, 2.45) is 5.41 Å². The Labute approximate surface area is 119 Å². The van der Waals surface area contributed by atoms with Gasteiger partial charge in [0.2, 0.25) is 0 Å². The van der Waals surface area contributed by atoms with E-state index in [1.165, 1.54) is 0 Å². The first kappa shape index (κ1) is 15.3. The molecule has 0 amide bonds. The van der Waals surface area contributed by atoms with Gasteiger partial charge < -0.3 is 5.32 Å². The Balaban J connectivity index is 2.78. The highest BCUT2D eigenvalue weighted by Gasteiger charge is 2.19. The molecule has 0 spiro atoms. The van der Waals surface area contributed by atoms with Crippen LogP contribution in [-0.4, -0.2) is 6.54 Å². The molecule has 0 aliphatic rings. The summed E-state index contributed by atoms with van der Waals surface area (Å²) in [6.07, 6.45) is 0.930. The van der Waals surface area contributed by atoms with Crippen LogP contribution >= 0.6 is 23.2 Å². The molecule has 1 aromatic rings. The van der Waals surface area contributed by atoms with Crippen molar-refractivity contribution < 1.29 is 0 Å². The average Bonchev–Trinajstić information content (AvgIpc) is 2.34. The number of nitrogens with zero attached hydrogens (tertiary/aromatic N) is 1. The van der Waals surface area contributed by atoms with Crippen molar-refractivity contribution in [1.82, 2.24) is 5.32 Å². The summed E-state index contributed by atoms with van der Waals surface area (Å²) >= 11 is 11.9. The van der Waals surface area contributed by atoms with E-state index in [0.29, 0.717) is 16.6 Å². The summed E-state index contributed by atoms with van der Waals surface area (Å²) < 4.78 is 0. The van der Waals surface area contributed by atoms with Crippen LogP contribution in [0.1, 0.15) is 38.8 Å². The summed E-state index contributed by atoms with van der Waals surface area (Å²) in [6.45, 7) is 6.57. The van der Waals surface area contributed by atoms with E-state index in [1.807, 2.05) is 26.0 Å². The van der Waals surface area contributed by atoms with E-state index in [2.05, 4.69) is 18.3 Å². The van der Waals surface area contributed by atoms with Crippen LogP contribution in [0.2, 0.25) is 10.0 Å². The second-order valence-corrected chi connectivity index (χ2v) is 5.83. The van der Waals surface area contributed by atoms with Gasteiger partial charge in [-0.1, -0.05) is 36.2 Å². The molecule has 98 valence electrons. The van der Waals surface area contributed by atoms with E-state index in [0.717, 1.165) is 12.0 Å². The molecule has 1 atom stereocenters. The SMILES string of the molecule is CCC(NCC(C)(C)C#N)c1ccc(Cl)c(Cl)c1. The molecular weight excluding hydrogens is 267 g/mol. The average molecular weight is 285 g/mol. The maximum Gasteiger partial charge on any atom is 0.0697 e. The fraction of sp³-hybridized carbons (Fsp3) is 0.500. The summed E-state index contributed by atoms with van der Waals surface area (Å²) in [5.41, 5.74) is 0.726. The van der Waals surface area contributed by atoms with Crippen molar-refractivity contribution in [2.75, 3.05) is 6.54 Å². The smallest absolute Gasteiger partial charge is 0.0697 e. The number of halogens is 2. The minimum atomic E-state index is -0.371. The second-order valence-electron chi connectivity index (χ2n) is 5.01. The van der Waals surface area contributed by atoms with Crippen molar-refractivity contribution in [3.63, 3.8) is 0 Å². The molecule has 18 heavy (non-hydrogen) atoms. The largest absolute Gasteiger partial charge is 0.308 e. The molecule has 0 saturated heterocycles. The van der Waals surface area contributed by atoms with Gasteiger partial charge in [0, 0.05) is 12.6 Å². The highest BCUT2D eigenvalue weighted by Crippen LogP contribution is 2.27. The zero-order chi connectivity index (χ0) is 13.8. The molecule has 0 aliphatic carbocycles. The maximum atomic E-state index is 9.00. The minimum Gasteiger partial charge on any atom is -0.308 e. The van der Waals surface area contributed by atoms with E-state index < -0.39 is 0 Å². The third kappa shape index (κ3) is 4.17. The van der Waals surface area contributed by atoms with E-state index >= 15 is 0 Å². The predicted octanol–water partition coefficient (Wildman–Crippen LogP) is 4.58. The van der Waals surface area contributed by atoms with Gasteiger partial charge in [0.1, 0.15) is 0 Å².